The van der Waals surface area contributed by atoms with Crippen LogP contribution in [0.1, 0.15) is 99.1 Å². The standard InChI is InChI=1S/C39H44N6/c1-22-17-35(44(3)21-22)39-41-31-15-12-26(19-32(31)42-39)30-14-13-29(36-27-10-11-28(18-27)37(30)36)24-6-8-25(9-7-24)33-20-40-38(43-33)34-16-5-23(2)45(34)4/h6-9,12-15,19-20,22-23,27-28,34-35H,5,10-11,16-18,21H2,1-4H3,(H,40,43)(H,41,42). The van der Waals surface area contributed by atoms with Crippen molar-refractivity contribution in [2.24, 2.45) is 5.92 Å². The van der Waals surface area contributed by atoms with E-state index in [-0.39, 0.29) is 0 Å². The van der Waals surface area contributed by atoms with Crippen molar-refractivity contribution in [3.05, 3.63) is 83.6 Å². The minimum Gasteiger partial charge on any atom is -0.341 e. The molecule has 4 aliphatic rings. The summed E-state index contributed by atoms with van der Waals surface area (Å²) in [7, 11) is 4.45. The van der Waals surface area contributed by atoms with Crippen LogP contribution in [0.3, 0.4) is 0 Å². The second-order valence-electron chi connectivity index (χ2n) is 14.7. The third-order valence-electron chi connectivity index (χ3n) is 11.9. The van der Waals surface area contributed by atoms with Gasteiger partial charge in [-0.1, -0.05) is 49.4 Å². The van der Waals surface area contributed by atoms with E-state index in [1.807, 2.05) is 6.20 Å². The number of rotatable bonds is 5. The lowest BCUT2D eigenvalue weighted by atomic mass is 9.81. The van der Waals surface area contributed by atoms with Crippen molar-refractivity contribution in [3.63, 3.8) is 0 Å². The Morgan fingerprint density at radius 1 is 0.711 bits per heavy atom. The van der Waals surface area contributed by atoms with Gasteiger partial charge < -0.3 is 9.97 Å². The third-order valence-corrected chi connectivity index (χ3v) is 11.9. The van der Waals surface area contributed by atoms with Crippen molar-refractivity contribution in [2.45, 2.75) is 82.3 Å². The van der Waals surface area contributed by atoms with Crippen molar-refractivity contribution in [1.82, 2.24) is 29.7 Å². The molecule has 3 aromatic carbocycles. The van der Waals surface area contributed by atoms with Crippen LogP contribution in [0.4, 0.5) is 0 Å². The second-order valence-corrected chi connectivity index (χ2v) is 14.7. The van der Waals surface area contributed by atoms with Crippen molar-refractivity contribution in [2.75, 3.05) is 20.6 Å². The number of fused-ring (bicyclic) bond motifs is 6. The molecule has 0 amide bonds. The van der Waals surface area contributed by atoms with Crippen LogP contribution in [0, 0.1) is 5.92 Å². The number of aromatic nitrogens is 4. The lowest BCUT2D eigenvalue weighted by Crippen LogP contribution is -2.25. The Morgan fingerprint density at radius 2 is 1.42 bits per heavy atom. The van der Waals surface area contributed by atoms with E-state index >= 15 is 0 Å². The smallest absolute Gasteiger partial charge is 0.124 e. The zero-order valence-corrected chi connectivity index (χ0v) is 27.0. The van der Waals surface area contributed by atoms with E-state index in [0.717, 1.165) is 34.9 Å². The van der Waals surface area contributed by atoms with E-state index < -0.39 is 0 Å². The summed E-state index contributed by atoms with van der Waals surface area (Å²) in [6.45, 7) is 5.79. The Kier molecular flexibility index (Phi) is 6.37. The second kappa shape index (κ2) is 10.4. The summed E-state index contributed by atoms with van der Waals surface area (Å²) in [6, 6.07) is 22.2. The van der Waals surface area contributed by atoms with Gasteiger partial charge in [0.1, 0.15) is 11.6 Å². The quantitative estimate of drug-likeness (QED) is 0.213. The molecule has 9 rings (SSSR count). The normalized spacial score (nSPS) is 28.1. The summed E-state index contributed by atoms with van der Waals surface area (Å²) in [4.78, 5) is 22.1. The molecule has 0 spiro atoms. The Bertz CT molecular complexity index is 1900. The van der Waals surface area contributed by atoms with Crippen LogP contribution >= 0.6 is 0 Å². The Hall–Kier alpha value is -3.74. The third kappa shape index (κ3) is 4.44. The van der Waals surface area contributed by atoms with Crippen LogP contribution in [-0.4, -0.2) is 56.4 Å². The summed E-state index contributed by atoms with van der Waals surface area (Å²) in [5.41, 5.74) is 13.2. The number of hydrogen-bond donors (Lipinski definition) is 2. The number of aromatic amines is 2. The monoisotopic (exact) mass is 596 g/mol. The Balaban J connectivity index is 1.04. The number of imidazole rings is 2. The highest BCUT2D eigenvalue weighted by atomic mass is 15.2. The zero-order valence-electron chi connectivity index (χ0n) is 27.0. The first-order chi connectivity index (χ1) is 21.9. The van der Waals surface area contributed by atoms with Gasteiger partial charge in [-0.25, -0.2) is 9.97 Å². The van der Waals surface area contributed by atoms with Crippen LogP contribution < -0.4 is 0 Å². The highest BCUT2D eigenvalue weighted by molar-refractivity contribution is 5.86. The fraction of sp³-hybridized carbons (Fsp3) is 0.436. The first-order valence-corrected chi connectivity index (χ1v) is 17.2. The van der Waals surface area contributed by atoms with Gasteiger partial charge in [0.05, 0.1) is 35.0 Å². The van der Waals surface area contributed by atoms with E-state index in [1.54, 1.807) is 11.1 Å². The molecule has 2 aliphatic carbocycles. The molecule has 6 nitrogen and oxygen atoms in total. The van der Waals surface area contributed by atoms with Crippen molar-refractivity contribution in [3.8, 4) is 33.5 Å². The van der Waals surface area contributed by atoms with E-state index in [1.165, 1.54) is 66.3 Å². The molecule has 2 saturated heterocycles. The molecular weight excluding hydrogens is 552 g/mol. The predicted molar refractivity (Wildman–Crippen MR) is 182 cm³/mol. The summed E-state index contributed by atoms with van der Waals surface area (Å²) in [5, 5.41) is 0. The van der Waals surface area contributed by atoms with Gasteiger partial charge in [-0.2, -0.15) is 0 Å². The SMILES string of the molecule is CC1CC(c2nc3ccc(-c4ccc(-c5ccc(-c6cnc(C7CCC(C)N7C)[nH]6)cc5)c5c4C4CCC5C4)cc3[nH]2)N(C)C1. The first kappa shape index (κ1) is 27.6. The van der Waals surface area contributed by atoms with Crippen LogP contribution in [0.5, 0.6) is 0 Å². The number of likely N-dealkylation sites (tertiary alicyclic amines) is 2. The van der Waals surface area contributed by atoms with Crippen molar-refractivity contribution >= 4 is 11.0 Å². The average Bonchev–Trinajstić information content (AvgIpc) is 3.90. The van der Waals surface area contributed by atoms with Gasteiger partial charge in [0, 0.05) is 12.6 Å². The van der Waals surface area contributed by atoms with E-state index in [2.05, 4.69) is 102 Å². The molecule has 6 unspecified atom stereocenters. The largest absolute Gasteiger partial charge is 0.341 e. The molecule has 4 heterocycles. The Labute approximate surface area is 266 Å². The highest BCUT2D eigenvalue weighted by Gasteiger charge is 2.40. The summed E-state index contributed by atoms with van der Waals surface area (Å²) < 4.78 is 0. The molecule has 6 heteroatoms. The average molecular weight is 597 g/mol. The summed E-state index contributed by atoms with van der Waals surface area (Å²) in [5.74, 6) is 4.26. The first-order valence-electron chi connectivity index (χ1n) is 17.2. The number of H-pyrrole nitrogens is 2. The number of nitrogens with zero attached hydrogens (tertiary/aromatic N) is 4. The van der Waals surface area contributed by atoms with Gasteiger partial charge in [0.25, 0.3) is 0 Å². The number of hydrogen-bond acceptors (Lipinski definition) is 4. The fourth-order valence-corrected chi connectivity index (χ4v) is 9.38. The summed E-state index contributed by atoms with van der Waals surface area (Å²) in [6.07, 6.45) is 9.50. The minimum absolute atomic E-state index is 0.384. The van der Waals surface area contributed by atoms with Crippen LogP contribution in [-0.2, 0) is 0 Å². The predicted octanol–water partition coefficient (Wildman–Crippen LogP) is 8.82. The molecule has 2 bridgehead atoms. The minimum atomic E-state index is 0.384. The lowest BCUT2D eigenvalue weighted by Gasteiger charge is -2.23. The molecule has 230 valence electrons. The maximum atomic E-state index is 5.03. The molecule has 6 atom stereocenters. The van der Waals surface area contributed by atoms with Crippen molar-refractivity contribution < 1.29 is 0 Å². The molecular formula is C39H44N6. The van der Waals surface area contributed by atoms with Crippen LogP contribution in [0.2, 0.25) is 0 Å². The van der Waals surface area contributed by atoms with Gasteiger partial charge in [0.15, 0.2) is 0 Å². The van der Waals surface area contributed by atoms with Crippen LogP contribution in [0.15, 0.2) is 60.8 Å². The molecule has 3 fully saturated rings. The van der Waals surface area contributed by atoms with Gasteiger partial charge in [-0.3, -0.25) is 9.80 Å². The van der Waals surface area contributed by atoms with E-state index in [9.17, 15) is 0 Å². The topological polar surface area (TPSA) is 63.8 Å². The van der Waals surface area contributed by atoms with E-state index in [0.29, 0.717) is 35.9 Å². The molecule has 1 saturated carbocycles. The van der Waals surface area contributed by atoms with Crippen molar-refractivity contribution in [1.29, 1.82) is 0 Å². The van der Waals surface area contributed by atoms with Gasteiger partial charge in [-0.15, -0.1) is 0 Å². The molecule has 2 aliphatic heterocycles. The fourth-order valence-electron chi connectivity index (χ4n) is 9.38. The molecule has 2 N–H and O–H groups in total. The zero-order chi connectivity index (χ0) is 30.4. The van der Waals surface area contributed by atoms with E-state index in [4.69, 9.17) is 9.97 Å². The Morgan fingerprint density at radius 3 is 2.11 bits per heavy atom. The van der Waals surface area contributed by atoms with Crippen LogP contribution in [0.25, 0.3) is 44.5 Å². The number of nitrogens with one attached hydrogen (secondary N) is 2. The van der Waals surface area contributed by atoms with Gasteiger partial charge >= 0.3 is 0 Å². The molecule has 5 aromatic rings. The molecule has 2 aromatic heterocycles. The van der Waals surface area contributed by atoms with Gasteiger partial charge in [-0.05, 0) is 128 Å². The maximum Gasteiger partial charge on any atom is 0.124 e. The maximum absolute atomic E-state index is 5.03. The lowest BCUT2D eigenvalue weighted by molar-refractivity contribution is 0.249. The molecule has 45 heavy (non-hydrogen) atoms. The number of benzene rings is 3. The molecule has 0 radical (unpaired) electrons. The highest BCUT2D eigenvalue weighted by Crippen LogP contribution is 2.58. The summed E-state index contributed by atoms with van der Waals surface area (Å²) >= 11 is 0. The van der Waals surface area contributed by atoms with Gasteiger partial charge in [0.2, 0.25) is 0 Å².